The second-order valence-corrected chi connectivity index (χ2v) is 7.31. The molecular weight excluding hydrogens is 423 g/mol. The molecule has 0 fully saturated rings. The third kappa shape index (κ3) is 5.05. The highest BCUT2D eigenvalue weighted by Gasteiger charge is 2.19. The van der Waals surface area contributed by atoms with Crippen LogP contribution in [0.5, 0.6) is 5.88 Å². The number of benzene rings is 2. The zero-order valence-electron chi connectivity index (χ0n) is 17.6. The number of fused-ring (bicyclic) bond motifs is 1. The normalized spacial score (nSPS) is 11.2. The predicted octanol–water partition coefficient (Wildman–Crippen LogP) is 4.39. The van der Waals surface area contributed by atoms with Gasteiger partial charge in [0.15, 0.2) is 5.78 Å². The molecule has 0 aliphatic carbocycles. The fourth-order valence-electron chi connectivity index (χ4n) is 3.48. The Morgan fingerprint density at radius 3 is 2.67 bits per heavy atom. The highest BCUT2D eigenvalue weighted by atomic mass is 19.1. The van der Waals surface area contributed by atoms with E-state index >= 15 is 0 Å². The number of rotatable bonds is 8. The molecule has 4 rings (SSSR count). The number of allylic oxidation sites excluding steroid dienone is 1. The maximum absolute atomic E-state index is 14.0. The number of aliphatic hydroxyl groups excluding tert-OH is 1. The molecule has 0 spiro atoms. The number of hydrogen-bond donors (Lipinski definition) is 2. The monoisotopic (exact) mass is 444 g/mol. The molecule has 4 aromatic rings. The van der Waals surface area contributed by atoms with Crippen molar-refractivity contribution in [2.75, 3.05) is 13.2 Å². The number of nitrogens with zero attached hydrogens (tertiary/aromatic N) is 1. The number of aromatic nitrogens is 2. The smallest absolute Gasteiger partial charge is 0.260 e. The van der Waals surface area contributed by atoms with Crippen molar-refractivity contribution in [3.05, 3.63) is 100 Å². The maximum Gasteiger partial charge on any atom is 0.260 e. The average molecular weight is 444 g/mol. The third-order valence-electron chi connectivity index (χ3n) is 5.02. The molecule has 0 bridgehead atoms. The number of hydrogen-bond acceptors (Lipinski definition) is 5. The van der Waals surface area contributed by atoms with Crippen molar-refractivity contribution in [2.24, 2.45) is 0 Å². The molecule has 2 heterocycles. The van der Waals surface area contributed by atoms with Crippen LogP contribution in [0.4, 0.5) is 4.39 Å². The van der Waals surface area contributed by atoms with E-state index in [4.69, 9.17) is 9.84 Å². The Balaban J connectivity index is 1.71. The number of H-pyrrole nitrogens is 1. The van der Waals surface area contributed by atoms with Crippen LogP contribution in [0.3, 0.4) is 0 Å². The summed E-state index contributed by atoms with van der Waals surface area (Å²) in [5, 5.41) is 9.25. The van der Waals surface area contributed by atoms with Gasteiger partial charge in [0.2, 0.25) is 5.88 Å². The van der Waals surface area contributed by atoms with Crippen LogP contribution in [0.15, 0.2) is 77.7 Å². The Hall–Kier alpha value is -4.10. The molecule has 7 heteroatoms. The molecule has 166 valence electrons. The van der Waals surface area contributed by atoms with Gasteiger partial charge in [-0.1, -0.05) is 30.3 Å². The zero-order chi connectivity index (χ0) is 23.2. The number of aliphatic hydroxyl groups is 1. The van der Waals surface area contributed by atoms with E-state index in [1.165, 1.54) is 30.5 Å². The molecule has 33 heavy (non-hydrogen) atoms. The summed E-state index contributed by atoms with van der Waals surface area (Å²) in [6.07, 6.45) is 4.89. The molecule has 2 aromatic carbocycles. The summed E-state index contributed by atoms with van der Waals surface area (Å²) in [4.78, 5) is 32.9. The van der Waals surface area contributed by atoms with Crippen molar-refractivity contribution in [3.63, 3.8) is 0 Å². The van der Waals surface area contributed by atoms with Gasteiger partial charge in [0.25, 0.3) is 5.56 Å². The first-order valence-corrected chi connectivity index (χ1v) is 10.4. The summed E-state index contributed by atoms with van der Waals surface area (Å²) in [7, 11) is 0. The summed E-state index contributed by atoms with van der Waals surface area (Å²) in [5.41, 5.74) is 1.50. The first-order chi connectivity index (χ1) is 16.1. The van der Waals surface area contributed by atoms with Crippen molar-refractivity contribution in [1.29, 1.82) is 0 Å². The largest absolute Gasteiger partial charge is 0.478 e. The molecule has 0 saturated carbocycles. The number of ketones is 1. The lowest BCUT2D eigenvalue weighted by molar-refractivity contribution is 0.104. The standard InChI is InChI=1S/C26H21FN2O4/c27-19-9-10-21-20(15-19)24(18-5-2-1-3-6-18)25(26(32)29-21)22(31)11-7-17-8-12-23(28-16-17)33-14-4-13-30/h1-3,5-12,15-16,30H,4,13-14H2,(H,29,32)/b11-7+. The van der Waals surface area contributed by atoms with Gasteiger partial charge >= 0.3 is 0 Å². The van der Waals surface area contributed by atoms with Crippen LogP contribution < -0.4 is 10.3 Å². The van der Waals surface area contributed by atoms with E-state index in [-0.39, 0.29) is 12.2 Å². The number of pyridine rings is 2. The summed E-state index contributed by atoms with van der Waals surface area (Å²) in [6, 6.07) is 16.4. The van der Waals surface area contributed by atoms with Crippen molar-refractivity contribution in [2.45, 2.75) is 6.42 Å². The first-order valence-electron chi connectivity index (χ1n) is 10.4. The summed E-state index contributed by atoms with van der Waals surface area (Å²) >= 11 is 0. The second-order valence-electron chi connectivity index (χ2n) is 7.31. The Bertz CT molecular complexity index is 1360. The Kier molecular flexibility index (Phi) is 6.71. The maximum atomic E-state index is 14.0. The van der Waals surface area contributed by atoms with Crippen LogP contribution in [-0.4, -0.2) is 34.1 Å². The predicted molar refractivity (Wildman–Crippen MR) is 125 cm³/mol. The number of nitrogens with one attached hydrogen (secondary N) is 1. The fraction of sp³-hybridized carbons (Fsp3) is 0.115. The molecule has 0 aliphatic rings. The van der Waals surface area contributed by atoms with Crippen molar-refractivity contribution in [3.8, 4) is 17.0 Å². The second kappa shape index (κ2) is 10.0. The lowest BCUT2D eigenvalue weighted by Gasteiger charge is -2.11. The molecule has 0 atom stereocenters. The summed E-state index contributed by atoms with van der Waals surface area (Å²) < 4.78 is 19.4. The number of carbonyl (C=O) groups excluding carboxylic acids is 1. The van der Waals surface area contributed by atoms with Gasteiger partial charge < -0.3 is 14.8 Å². The topological polar surface area (TPSA) is 92.3 Å². The highest BCUT2D eigenvalue weighted by Crippen LogP contribution is 2.30. The van der Waals surface area contributed by atoms with Crippen LogP contribution in [-0.2, 0) is 0 Å². The van der Waals surface area contributed by atoms with Gasteiger partial charge in [0.1, 0.15) is 5.82 Å². The SMILES string of the molecule is O=C(/C=C/c1ccc(OCCCO)nc1)c1c(-c2ccccc2)c2cc(F)ccc2[nH]c1=O. The quantitative estimate of drug-likeness (QED) is 0.239. The van der Waals surface area contributed by atoms with E-state index in [1.54, 1.807) is 42.5 Å². The van der Waals surface area contributed by atoms with Gasteiger partial charge in [-0.15, -0.1) is 0 Å². The summed E-state index contributed by atoms with van der Waals surface area (Å²) in [5.74, 6) is -0.566. The van der Waals surface area contributed by atoms with Crippen molar-refractivity contribution >= 4 is 22.8 Å². The van der Waals surface area contributed by atoms with Crippen molar-refractivity contribution < 1.29 is 19.0 Å². The molecule has 0 saturated heterocycles. The average Bonchev–Trinajstić information content (AvgIpc) is 2.83. The molecule has 0 unspecified atom stereocenters. The summed E-state index contributed by atoms with van der Waals surface area (Å²) in [6.45, 7) is 0.388. The van der Waals surface area contributed by atoms with E-state index < -0.39 is 17.2 Å². The Labute approximate surface area is 189 Å². The molecule has 0 aliphatic heterocycles. The van der Waals surface area contributed by atoms with Crippen LogP contribution >= 0.6 is 0 Å². The van der Waals surface area contributed by atoms with E-state index in [1.807, 2.05) is 6.07 Å². The number of aromatic amines is 1. The Morgan fingerprint density at radius 1 is 1.12 bits per heavy atom. The first kappa shape index (κ1) is 22.1. The van der Waals surface area contributed by atoms with E-state index in [0.717, 1.165) is 0 Å². The molecule has 6 nitrogen and oxygen atoms in total. The number of ether oxygens (including phenoxy) is 1. The zero-order valence-corrected chi connectivity index (χ0v) is 17.6. The molecule has 0 radical (unpaired) electrons. The van der Waals surface area contributed by atoms with Gasteiger partial charge in [0.05, 0.1) is 12.2 Å². The number of halogens is 1. The molecule has 2 aromatic heterocycles. The lowest BCUT2D eigenvalue weighted by atomic mass is 9.94. The fourth-order valence-corrected chi connectivity index (χ4v) is 3.48. The van der Waals surface area contributed by atoms with Gasteiger partial charge in [0, 0.05) is 41.8 Å². The van der Waals surface area contributed by atoms with Gasteiger partial charge in [-0.3, -0.25) is 9.59 Å². The van der Waals surface area contributed by atoms with Gasteiger partial charge in [-0.2, -0.15) is 0 Å². The molecule has 0 amide bonds. The molecule has 2 N–H and O–H groups in total. The van der Waals surface area contributed by atoms with Gasteiger partial charge in [-0.25, -0.2) is 9.37 Å². The van der Waals surface area contributed by atoms with Crippen LogP contribution in [0.25, 0.3) is 28.1 Å². The van der Waals surface area contributed by atoms with E-state index in [0.29, 0.717) is 46.5 Å². The highest BCUT2D eigenvalue weighted by molar-refractivity contribution is 6.15. The van der Waals surface area contributed by atoms with Crippen LogP contribution in [0, 0.1) is 5.82 Å². The Morgan fingerprint density at radius 2 is 1.94 bits per heavy atom. The third-order valence-corrected chi connectivity index (χ3v) is 5.02. The van der Waals surface area contributed by atoms with Gasteiger partial charge in [-0.05, 0) is 47.5 Å². The molecular formula is C26H21FN2O4. The van der Waals surface area contributed by atoms with Crippen molar-refractivity contribution in [1.82, 2.24) is 9.97 Å². The minimum absolute atomic E-state index is 0.0362. The lowest BCUT2D eigenvalue weighted by Crippen LogP contribution is -2.18. The van der Waals surface area contributed by atoms with Crippen LogP contribution in [0.2, 0.25) is 0 Å². The minimum atomic E-state index is -0.548. The van der Waals surface area contributed by atoms with Crippen LogP contribution in [0.1, 0.15) is 22.3 Å². The minimum Gasteiger partial charge on any atom is -0.478 e. The number of carbonyl (C=O) groups is 1. The van der Waals surface area contributed by atoms with E-state index in [9.17, 15) is 14.0 Å². The van der Waals surface area contributed by atoms with E-state index in [2.05, 4.69) is 9.97 Å².